The van der Waals surface area contributed by atoms with Crippen molar-refractivity contribution in [3.05, 3.63) is 23.8 Å². The molecule has 0 aliphatic heterocycles. The average molecular weight is 296 g/mol. The van der Waals surface area contributed by atoms with Gasteiger partial charge in [-0.05, 0) is 44.9 Å². The maximum Gasteiger partial charge on any atom is 0.407 e. The largest absolute Gasteiger partial charge is 0.504 e. The summed E-state index contributed by atoms with van der Waals surface area (Å²) in [4.78, 5) is 11.5. The second kappa shape index (κ2) is 7.17. The predicted molar refractivity (Wildman–Crippen MR) is 80.6 cm³/mol. The van der Waals surface area contributed by atoms with Crippen LogP contribution in [0.4, 0.5) is 4.79 Å². The van der Waals surface area contributed by atoms with Crippen molar-refractivity contribution in [2.45, 2.75) is 38.8 Å². The fraction of sp³-hybridized carbons (Fsp3) is 0.533. The van der Waals surface area contributed by atoms with Crippen LogP contribution in [0.1, 0.15) is 26.3 Å². The standard InChI is InChI=1S/C15H24N2O4/c1-15(2,3)21-14(19)17-9-11(16)7-10-5-6-13(20-4)12(18)8-10/h5-6,8,11,18H,7,9,16H2,1-4H3,(H,17,19). The number of phenolic OH excluding ortho intramolecular Hbond substituents is 1. The lowest BCUT2D eigenvalue weighted by atomic mass is 10.1. The highest BCUT2D eigenvalue weighted by Gasteiger charge is 2.16. The number of methoxy groups -OCH3 is 1. The summed E-state index contributed by atoms with van der Waals surface area (Å²) in [5.74, 6) is 0.488. The summed E-state index contributed by atoms with van der Waals surface area (Å²) in [6.07, 6.45) is 0.0309. The van der Waals surface area contributed by atoms with E-state index in [1.54, 1.807) is 32.9 Å². The van der Waals surface area contributed by atoms with Crippen molar-refractivity contribution in [2.24, 2.45) is 5.73 Å². The lowest BCUT2D eigenvalue weighted by molar-refractivity contribution is 0.0524. The van der Waals surface area contributed by atoms with Crippen LogP contribution in [0.2, 0.25) is 0 Å². The zero-order chi connectivity index (χ0) is 16.0. The Morgan fingerprint density at radius 3 is 2.62 bits per heavy atom. The fourth-order valence-corrected chi connectivity index (χ4v) is 1.77. The van der Waals surface area contributed by atoms with Gasteiger partial charge in [0.15, 0.2) is 11.5 Å². The van der Waals surface area contributed by atoms with Crippen LogP contribution in [0.5, 0.6) is 11.5 Å². The number of nitrogens with one attached hydrogen (secondary N) is 1. The molecule has 1 rings (SSSR count). The highest BCUT2D eigenvalue weighted by atomic mass is 16.6. The molecule has 0 aromatic heterocycles. The van der Waals surface area contributed by atoms with Crippen molar-refractivity contribution in [3.8, 4) is 11.5 Å². The van der Waals surface area contributed by atoms with Crippen molar-refractivity contribution in [2.75, 3.05) is 13.7 Å². The minimum Gasteiger partial charge on any atom is -0.504 e. The molecule has 4 N–H and O–H groups in total. The first-order valence-electron chi connectivity index (χ1n) is 6.79. The molecule has 1 atom stereocenters. The number of hydrogen-bond acceptors (Lipinski definition) is 5. The molecule has 118 valence electrons. The Kier molecular flexibility index (Phi) is 5.84. The minimum absolute atomic E-state index is 0.0716. The van der Waals surface area contributed by atoms with Crippen LogP contribution in [0.3, 0.4) is 0 Å². The van der Waals surface area contributed by atoms with Crippen LogP contribution in [0.25, 0.3) is 0 Å². The third-order valence-electron chi connectivity index (χ3n) is 2.65. The van der Waals surface area contributed by atoms with Crippen LogP contribution < -0.4 is 15.8 Å². The van der Waals surface area contributed by atoms with Crippen molar-refractivity contribution in [1.82, 2.24) is 5.32 Å². The summed E-state index contributed by atoms with van der Waals surface area (Å²) in [6.45, 7) is 5.69. The molecule has 0 heterocycles. The number of hydrogen-bond donors (Lipinski definition) is 3. The first-order chi connectivity index (χ1) is 9.71. The number of aromatic hydroxyl groups is 1. The molecule has 21 heavy (non-hydrogen) atoms. The summed E-state index contributed by atoms with van der Waals surface area (Å²) in [7, 11) is 1.49. The Morgan fingerprint density at radius 2 is 2.10 bits per heavy atom. The molecule has 6 nitrogen and oxygen atoms in total. The summed E-state index contributed by atoms with van der Waals surface area (Å²) in [5, 5.41) is 12.3. The van der Waals surface area contributed by atoms with E-state index in [-0.39, 0.29) is 11.8 Å². The molecule has 0 radical (unpaired) electrons. The first kappa shape index (κ1) is 17.1. The smallest absolute Gasteiger partial charge is 0.407 e. The first-order valence-corrected chi connectivity index (χ1v) is 6.79. The topological polar surface area (TPSA) is 93.8 Å². The lowest BCUT2D eigenvalue weighted by Crippen LogP contribution is -2.41. The van der Waals surface area contributed by atoms with Gasteiger partial charge in [0.05, 0.1) is 7.11 Å². The van der Waals surface area contributed by atoms with E-state index in [9.17, 15) is 9.90 Å². The Morgan fingerprint density at radius 1 is 1.43 bits per heavy atom. The summed E-state index contributed by atoms with van der Waals surface area (Å²) in [6, 6.07) is 4.84. The molecule has 1 amide bonds. The summed E-state index contributed by atoms with van der Waals surface area (Å²) < 4.78 is 10.1. The number of carbonyl (C=O) groups excluding carboxylic acids is 1. The van der Waals surface area contributed by atoms with Gasteiger partial charge in [-0.1, -0.05) is 6.07 Å². The average Bonchev–Trinajstić information content (AvgIpc) is 2.34. The molecule has 1 aromatic rings. The van der Waals surface area contributed by atoms with E-state index in [1.807, 2.05) is 6.07 Å². The van der Waals surface area contributed by atoms with E-state index in [0.29, 0.717) is 18.7 Å². The Balaban J connectivity index is 2.45. The number of rotatable bonds is 5. The zero-order valence-corrected chi connectivity index (χ0v) is 13.0. The van der Waals surface area contributed by atoms with E-state index >= 15 is 0 Å². The van der Waals surface area contributed by atoms with Gasteiger partial charge in [0.25, 0.3) is 0 Å². The molecular weight excluding hydrogens is 272 g/mol. The second-order valence-corrected chi connectivity index (χ2v) is 5.85. The maximum absolute atomic E-state index is 11.5. The van der Waals surface area contributed by atoms with Crippen molar-refractivity contribution in [3.63, 3.8) is 0 Å². The third kappa shape index (κ3) is 6.35. The van der Waals surface area contributed by atoms with Gasteiger partial charge < -0.3 is 25.6 Å². The Hall–Kier alpha value is -1.95. The number of alkyl carbamates (subject to hydrolysis) is 1. The van der Waals surface area contributed by atoms with E-state index < -0.39 is 11.7 Å². The molecule has 0 aliphatic rings. The molecule has 0 saturated heterocycles. The molecule has 1 unspecified atom stereocenters. The fourth-order valence-electron chi connectivity index (χ4n) is 1.77. The quantitative estimate of drug-likeness (QED) is 0.770. The minimum atomic E-state index is -0.532. The monoisotopic (exact) mass is 296 g/mol. The summed E-state index contributed by atoms with van der Waals surface area (Å²) >= 11 is 0. The molecule has 6 heteroatoms. The van der Waals surface area contributed by atoms with Crippen molar-refractivity contribution < 1.29 is 19.4 Å². The third-order valence-corrected chi connectivity index (χ3v) is 2.65. The Labute approximate surface area is 125 Å². The second-order valence-electron chi connectivity index (χ2n) is 5.85. The highest BCUT2D eigenvalue weighted by molar-refractivity contribution is 5.67. The summed E-state index contributed by atoms with van der Waals surface area (Å²) in [5.41, 5.74) is 6.29. The molecule has 0 saturated carbocycles. The predicted octanol–water partition coefficient (Wildman–Crippen LogP) is 1.80. The number of carbonyl (C=O) groups is 1. The van der Waals surface area contributed by atoms with Crippen LogP contribution >= 0.6 is 0 Å². The van der Waals surface area contributed by atoms with E-state index in [4.69, 9.17) is 15.2 Å². The van der Waals surface area contributed by atoms with Crippen molar-refractivity contribution >= 4 is 6.09 Å². The maximum atomic E-state index is 11.5. The number of amides is 1. The van der Waals surface area contributed by atoms with Gasteiger partial charge in [-0.15, -0.1) is 0 Å². The van der Waals surface area contributed by atoms with Gasteiger partial charge in [0.2, 0.25) is 0 Å². The highest BCUT2D eigenvalue weighted by Crippen LogP contribution is 2.26. The zero-order valence-electron chi connectivity index (χ0n) is 13.0. The van der Waals surface area contributed by atoms with Crippen LogP contribution in [0, 0.1) is 0 Å². The van der Waals surface area contributed by atoms with E-state index in [1.165, 1.54) is 7.11 Å². The van der Waals surface area contributed by atoms with Crippen LogP contribution in [-0.4, -0.2) is 36.5 Å². The number of nitrogens with two attached hydrogens (primary N) is 1. The van der Waals surface area contributed by atoms with Crippen LogP contribution in [0.15, 0.2) is 18.2 Å². The molecular formula is C15H24N2O4. The number of ether oxygens (including phenoxy) is 2. The van der Waals surface area contributed by atoms with Gasteiger partial charge >= 0.3 is 6.09 Å². The van der Waals surface area contributed by atoms with E-state index in [0.717, 1.165) is 5.56 Å². The van der Waals surface area contributed by atoms with Gasteiger partial charge in [0, 0.05) is 12.6 Å². The van der Waals surface area contributed by atoms with Gasteiger partial charge in [0.1, 0.15) is 5.60 Å². The molecule has 1 aromatic carbocycles. The molecule has 0 aliphatic carbocycles. The normalized spacial score (nSPS) is 12.6. The lowest BCUT2D eigenvalue weighted by Gasteiger charge is -2.20. The molecule has 0 fully saturated rings. The SMILES string of the molecule is COc1ccc(CC(N)CNC(=O)OC(C)(C)C)cc1O. The number of phenols is 1. The molecule has 0 spiro atoms. The Bertz CT molecular complexity index is 483. The molecule has 0 bridgehead atoms. The van der Waals surface area contributed by atoms with Gasteiger partial charge in [-0.3, -0.25) is 0 Å². The number of benzene rings is 1. The van der Waals surface area contributed by atoms with E-state index in [2.05, 4.69) is 5.32 Å². The van der Waals surface area contributed by atoms with Crippen LogP contribution in [-0.2, 0) is 11.2 Å². The van der Waals surface area contributed by atoms with Gasteiger partial charge in [-0.2, -0.15) is 0 Å². The van der Waals surface area contributed by atoms with Crippen molar-refractivity contribution in [1.29, 1.82) is 0 Å². The van der Waals surface area contributed by atoms with Gasteiger partial charge in [-0.25, -0.2) is 4.79 Å².